The number of hydrogen-bond donors (Lipinski definition) is 1. The standard InChI is InChI=1S/C16H26N4O3/c1-11-12(2)18-16(17-11)14-8-13(22-3)9-20(14)10-15(21)19-4-6-23-7-5-19/h13-14H,4-10H2,1-3H3,(H,17,18)/t13-,14+/m1/s1. The van der Waals surface area contributed by atoms with Gasteiger partial charge in [-0.3, -0.25) is 9.69 Å². The number of hydrogen-bond acceptors (Lipinski definition) is 5. The lowest BCUT2D eigenvalue weighted by Gasteiger charge is -2.30. The van der Waals surface area contributed by atoms with E-state index in [0.717, 1.165) is 30.2 Å². The molecule has 1 aromatic heterocycles. The Bertz CT molecular complexity index is 534. The van der Waals surface area contributed by atoms with Crippen molar-refractivity contribution in [3.8, 4) is 0 Å². The summed E-state index contributed by atoms with van der Waals surface area (Å²) in [6, 6.07) is 0.109. The minimum atomic E-state index is 0.109. The highest BCUT2D eigenvalue weighted by Gasteiger charge is 2.37. The first kappa shape index (κ1) is 16.4. The third kappa shape index (κ3) is 3.57. The van der Waals surface area contributed by atoms with Gasteiger partial charge in [-0.15, -0.1) is 0 Å². The lowest BCUT2D eigenvalue weighted by Crippen LogP contribution is -2.45. The summed E-state index contributed by atoms with van der Waals surface area (Å²) >= 11 is 0. The molecule has 7 heteroatoms. The molecule has 1 amide bonds. The molecule has 23 heavy (non-hydrogen) atoms. The Morgan fingerprint density at radius 3 is 2.74 bits per heavy atom. The summed E-state index contributed by atoms with van der Waals surface area (Å²) in [5.74, 6) is 1.10. The minimum Gasteiger partial charge on any atom is -0.380 e. The van der Waals surface area contributed by atoms with Crippen molar-refractivity contribution in [2.75, 3.05) is 46.5 Å². The maximum Gasteiger partial charge on any atom is 0.236 e. The van der Waals surface area contributed by atoms with E-state index in [1.54, 1.807) is 7.11 Å². The first-order valence-corrected chi connectivity index (χ1v) is 8.24. The van der Waals surface area contributed by atoms with Crippen LogP contribution in [0, 0.1) is 13.8 Å². The van der Waals surface area contributed by atoms with Crippen LogP contribution < -0.4 is 0 Å². The quantitative estimate of drug-likeness (QED) is 0.881. The summed E-state index contributed by atoms with van der Waals surface area (Å²) in [4.78, 5) is 24.6. The highest BCUT2D eigenvalue weighted by molar-refractivity contribution is 5.78. The minimum absolute atomic E-state index is 0.109. The Kier molecular flexibility index (Phi) is 4.99. The van der Waals surface area contributed by atoms with Gasteiger partial charge in [-0.05, 0) is 20.3 Å². The van der Waals surface area contributed by atoms with E-state index in [2.05, 4.69) is 14.9 Å². The molecule has 2 fully saturated rings. The summed E-state index contributed by atoms with van der Waals surface area (Å²) < 4.78 is 10.8. The Morgan fingerprint density at radius 2 is 2.13 bits per heavy atom. The van der Waals surface area contributed by atoms with Crippen LogP contribution >= 0.6 is 0 Å². The zero-order valence-electron chi connectivity index (χ0n) is 14.2. The predicted octanol–water partition coefficient (Wildman–Crippen LogP) is 0.647. The maximum atomic E-state index is 12.6. The molecule has 0 bridgehead atoms. The molecule has 2 saturated heterocycles. The summed E-state index contributed by atoms with van der Waals surface area (Å²) in [5, 5.41) is 0. The highest BCUT2D eigenvalue weighted by Crippen LogP contribution is 2.32. The number of methoxy groups -OCH3 is 1. The van der Waals surface area contributed by atoms with Crippen molar-refractivity contribution in [3.63, 3.8) is 0 Å². The van der Waals surface area contributed by atoms with E-state index in [0.29, 0.717) is 32.8 Å². The lowest BCUT2D eigenvalue weighted by atomic mass is 10.2. The van der Waals surface area contributed by atoms with Gasteiger partial charge < -0.3 is 19.4 Å². The van der Waals surface area contributed by atoms with Crippen molar-refractivity contribution >= 4 is 5.91 Å². The number of rotatable bonds is 4. The number of nitrogens with zero attached hydrogens (tertiary/aromatic N) is 3. The molecule has 1 N–H and O–H groups in total. The van der Waals surface area contributed by atoms with Crippen LogP contribution in [0.15, 0.2) is 0 Å². The smallest absolute Gasteiger partial charge is 0.236 e. The first-order valence-electron chi connectivity index (χ1n) is 8.24. The number of imidazole rings is 1. The molecular formula is C16H26N4O3. The van der Waals surface area contributed by atoms with Crippen LogP contribution in [-0.2, 0) is 14.3 Å². The molecular weight excluding hydrogens is 296 g/mol. The van der Waals surface area contributed by atoms with Crippen LogP contribution in [-0.4, -0.2) is 78.3 Å². The lowest BCUT2D eigenvalue weighted by molar-refractivity contribution is -0.136. The number of H-pyrrole nitrogens is 1. The predicted molar refractivity (Wildman–Crippen MR) is 85.2 cm³/mol. The van der Waals surface area contributed by atoms with Crippen LogP contribution in [0.3, 0.4) is 0 Å². The van der Waals surface area contributed by atoms with Gasteiger partial charge in [0.2, 0.25) is 5.91 Å². The van der Waals surface area contributed by atoms with Crippen molar-refractivity contribution < 1.29 is 14.3 Å². The summed E-state index contributed by atoms with van der Waals surface area (Å²) in [5.41, 5.74) is 2.10. The van der Waals surface area contributed by atoms with Gasteiger partial charge in [-0.25, -0.2) is 4.98 Å². The van der Waals surface area contributed by atoms with Crippen molar-refractivity contribution in [1.82, 2.24) is 19.8 Å². The number of aryl methyl sites for hydroxylation is 2. The zero-order chi connectivity index (χ0) is 16.4. The van der Waals surface area contributed by atoms with Gasteiger partial charge in [0, 0.05) is 32.4 Å². The van der Waals surface area contributed by atoms with E-state index in [4.69, 9.17) is 9.47 Å². The SMILES string of the molecule is CO[C@@H]1C[C@@H](c2nc(C)c(C)[nH]2)N(CC(=O)N2CCOCC2)C1. The summed E-state index contributed by atoms with van der Waals surface area (Å²) in [6.45, 7) is 7.82. The molecule has 2 aliphatic heterocycles. The molecule has 128 valence electrons. The molecule has 0 aromatic carbocycles. The third-order valence-corrected chi connectivity index (χ3v) is 4.86. The number of carbonyl (C=O) groups excluding carboxylic acids is 1. The molecule has 0 spiro atoms. The van der Waals surface area contributed by atoms with Gasteiger partial charge in [0.1, 0.15) is 5.82 Å². The van der Waals surface area contributed by atoms with Gasteiger partial charge in [0.15, 0.2) is 0 Å². The summed E-state index contributed by atoms with van der Waals surface area (Å²) in [6.07, 6.45) is 1.00. The zero-order valence-corrected chi connectivity index (χ0v) is 14.2. The van der Waals surface area contributed by atoms with Crippen molar-refractivity contribution in [3.05, 3.63) is 17.2 Å². The van der Waals surface area contributed by atoms with E-state index >= 15 is 0 Å². The number of aromatic nitrogens is 2. The van der Waals surface area contributed by atoms with E-state index in [1.807, 2.05) is 18.7 Å². The number of carbonyl (C=O) groups is 1. The number of aromatic amines is 1. The Labute approximate surface area is 137 Å². The van der Waals surface area contributed by atoms with Gasteiger partial charge >= 0.3 is 0 Å². The second kappa shape index (κ2) is 6.98. The van der Waals surface area contributed by atoms with Crippen LogP contribution in [0.1, 0.15) is 29.7 Å². The third-order valence-electron chi connectivity index (χ3n) is 4.86. The molecule has 0 saturated carbocycles. The fourth-order valence-electron chi connectivity index (χ4n) is 3.31. The van der Waals surface area contributed by atoms with Gasteiger partial charge in [0.25, 0.3) is 0 Å². The summed E-state index contributed by atoms with van der Waals surface area (Å²) in [7, 11) is 1.73. The van der Waals surface area contributed by atoms with E-state index in [-0.39, 0.29) is 18.1 Å². The molecule has 0 unspecified atom stereocenters. The molecule has 3 heterocycles. The Hall–Kier alpha value is -1.44. The van der Waals surface area contributed by atoms with Gasteiger partial charge in [-0.1, -0.05) is 0 Å². The second-order valence-electron chi connectivity index (χ2n) is 6.36. The largest absolute Gasteiger partial charge is 0.380 e. The van der Waals surface area contributed by atoms with Crippen LogP contribution in [0.25, 0.3) is 0 Å². The number of morpholine rings is 1. The fraction of sp³-hybridized carbons (Fsp3) is 0.750. The van der Waals surface area contributed by atoms with E-state index in [9.17, 15) is 4.79 Å². The maximum absolute atomic E-state index is 12.6. The van der Waals surface area contributed by atoms with E-state index in [1.165, 1.54) is 0 Å². The normalized spacial score (nSPS) is 26.0. The first-order chi connectivity index (χ1) is 11.1. The average molecular weight is 322 g/mol. The monoisotopic (exact) mass is 322 g/mol. The topological polar surface area (TPSA) is 70.7 Å². The number of amides is 1. The van der Waals surface area contributed by atoms with Crippen LogP contribution in [0.4, 0.5) is 0 Å². The van der Waals surface area contributed by atoms with E-state index < -0.39 is 0 Å². The molecule has 2 atom stereocenters. The average Bonchev–Trinajstić information content (AvgIpc) is 3.11. The Balaban J connectivity index is 1.71. The molecule has 0 aliphatic carbocycles. The van der Waals surface area contributed by atoms with Crippen molar-refractivity contribution in [2.24, 2.45) is 0 Å². The van der Waals surface area contributed by atoms with Crippen LogP contribution in [0.2, 0.25) is 0 Å². The van der Waals surface area contributed by atoms with Gasteiger partial charge in [-0.2, -0.15) is 0 Å². The van der Waals surface area contributed by atoms with Crippen molar-refractivity contribution in [2.45, 2.75) is 32.4 Å². The number of likely N-dealkylation sites (tertiary alicyclic amines) is 1. The fourth-order valence-corrected chi connectivity index (χ4v) is 3.31. The molecule has 3 rings (SSSR count). The number of ether oxygens (including phenoxy) is 2. The molecule has 1 aromatic rings. The molecule has 0 radical (unpaired) electrons. The highest BCUT2D eigenvalue weighted by atomic mass is 16.5. The molecule has 2 aliphatic rings. The Morgan fingerprint density at radius 1 is 1.39 bits per heavy atom. The van der Waals surface area contributed by atoms with Crippen LogP contribution in [0.5, 0.6) is 0 Å². The second-order valence-corrected chi connectivity index (χ2v) is 6.36. The molecule has 7 nitrogen and oxygen atoms in total. The van der Waals surface area contributed by atoms with Gasteiger partial charge in [0.05, 0.1) is 37.6 Å². The number of nitrogens with one attached hydrogen (secondary N) is 1. The van der Waals surface area contributed by atoms with Crippen molar-refractivity contribution in [1.29, 1.82) is 0 Å².